The molecule has 4 aliphatic rings. The molecule has 0 aromatic carbocycles. The number of aromatic nitrogens is 3. The second-order valence-electron chi connectivity index (χ2n) is 13.0. The van der Waals surface area contributed by atoms with Crippen LogP contribution < -0.4 is 15.4 Å². The average Bonchev–Trinajstić information content (AvgIpc) is 3.71. The molecule has 1 saturated heterocycles. The molecule has 0 spiro atoms. The molecule has 3 N–H and O–H groups in total. The second kappa shape index (κ2) is 13.5. The van der Waals surface area contributed by atoms with Gasteiger partial charge in [-0.3, -0.25) is 9.59 Å². The molecule has 2 aliphatic carbocycles. The van der Waals surface area contributed by atoms with E-state index in [2.05, 4.69) is 25.6 Å². The number of hydrogen-bond acceptors (Lipinski definition) is 11. The number of allylic oxidation sites excluding steroid dienone is 1. The Kier molecular flexibility index (Phi) is 9.03. The van der Waals surface area contributed by atoms with Crippen LogP contribution in [0.3, 0.4) is 0 Å². The smallest absolute Gasteiger partial charge is 0.408 e. The number of thiophene rings is 1. The van der Waals surface area contributed by atoms with E-state index in [0.717, 1.165) is 44.9 Å². The van der Waals surface area contributed by atoms with Gasteiger partial charge in [0.25, 0.3) is 5.89 Å². The standard InChI is InChI=1S/C33H38N6O8S/c40-27-24-16-21(46-28-25-22(12-15-48-25)35-26(37-28)29-34-13-14-45-29)18-39(24)30(41)23(36-32(44)47-20-9-6-7-10-20)11-5-3-1-2-4-8-19-17-33(19,38-27)31(42)43/h4,8,12-15,19-21,23-24H,1-3,5-7,9-11,16-18H2,(H,36,44)(H,38,40)(H,42,43)/b8-4-/t19-,21+,23-,24-,33+/m0/s1. The predicted molar refractivity (Wildman–Crippen MR) is 172 cm³/mol. The summed E-state index contributed by atoms with van der Waals surface area (Å²) in [5, 5.41) is 17.6. The quantitative estimate of drug-likeness (QED) is 0.317. The number of oxazole rings is 1. The first-order chi connectivity index (χ1) is 23.3. The van der Waals surface area contributed by atoms with E-state index in [1.165, 1.54) is 28.7 Å². The molecule has 254 valence electrons. The van der Waals surface area contributed by atoms with E-state index < -0.39 is 47.6 Å². The van der Waals surface area contributed by atoms with Gasteiger partial charge < -0.3 is 34.5 Å². The lowest BCUT2D eigenvalue weighted by Gasteiger charge is -2.29. The number of hydrogen-bond donors (Lipinski definition) is 3. The highest BCUT2D eigenvalue weighted by Gasteiger charge is 2.61. The first-order valence-electron chi connectivity index (χ1n) is 16.6. The van der Waals surface area contributed by atoms with Gasteiger partial charge in [-0.15, -0.1) is 11.3 Å². The maximum absolute atomic E-state index is 14.3. The Labute approximate surface area is 280 Å². The average molecular weight is 679 g/mol. The fraction of sp³-hybridized carbons (Fsp3) is 0.545. The fourth-order valence-electron chi connectivity index (χ4n) is 6.98. The van der Waals surface area contributed by atoms with Crippen molar-refractivity contribution in [2.24, 2.45) is 5.92 Å². The lowest BCUT2D eigenvalue weighted by molar-refractivity contribution is -0.145. The maximum atomic E-state index is 14.3. The highest BCUT2D eigenvalue weighted by molar-refractivity contribution is 7.17. The van der Waals surface area contributed by atoms with Crippen molar-refractivity contribution >= 4 is 45.4 Å². The zero-order chi connectivity index (χ0) is 33.3. The van der Waals surface area contributed by atoms with Gasteiger partial charge in [0.2, 0.25) is 23.5 Å². The molecule has 3 amide bonds. The molecule has 2 aliphatic heterocycles. The third-order valence-corrected chi connectivity index (χ3v) is 10.6. The highest BCUT2D eigenvalue weighted by Crippen LogP contribution is 2.45. The van der Waals surface area contributed by atoms with E-state index in [1.807, 2.05) is 23.6 Å². The molecule has 2 saturated carbocycles. The number of carboxylic acids is 1. The molecule has 0 radical (unpaired) electrons. The zero-order valence-electron chi connectivity index (χ0n) is 26.3. The van der Waals surface area contributed by atoms with Crippen molar-refractivity contribution in [2.45, 2.75) is 100 Å². The summed E-state index contributed by atoms with van der Waals surface area (Å²) in [7, 11) is 0. The zero-order valence-corrected chi connectivity index (χ0v) is 27.2. The molecule has 3 aromatic rings. The van der Waals surface area contributed by atoms with Crippen LogP contribution in [0.5, 0.6) is 5.88 Å². The van der Waals surface area contributed by atoms with Gasteiger partial charge in [-0.1, -0.05) is 25.0 Å². The predicted octanol–water partition coefficient (Wildman–Crippen LogP) is 4.21. The summed E-state index contributed by atoms with van der Waals surface area (Å²) < 4.78 is 18.1. The Morgan fingerprint density at radius 2 is 1.94 bits per heavy atom. The number of carbonyl (C=O) groups is 4. The third-order valence-electron chi connectivity index (χ3n) is 9.66. The summed E-state index contributed by atoms with van der Waals surface area (Å²) in [6.07, 6.45) is 12.6. The molecule has 14 nitrogen and oxygen atoms in total. The molecule has 3 fully saturated rings. The molecule has 5 heterocycles. The summed E-state index contributed by atoms with van der Waals surface area (Å²) in [6, 6.07) is -0.157. The van der Waals surface area contributed by atoms with Crippen LogP contribution in [0.4, 0.5) is 4.79 Å². The summed E-state index contributed by atoms with van der Waals surface area (Å²) in [4.78, 5) is 68.3. The number of ether oxygens (including phenoxy) is 2. The van der Waals surface area contributed by atoms with Crippen LogP contribution in [0.1, 0.15) is 70.6 Å². The van der Waals surface area contributed by atoms with E-state index in [4.69, 9.17) is 13.9 Å². The molecule has 7 rings (SSSR count). The van der Waals surface area contributed by atoms with Crippen molar-refractivity contribution in [2.75, 3.05) is 6.54 Å². The van der Waals surface area contributed by atoms with E-state index in [-0.39, 0.29) is 49.0 Å². The van der Waals surface area contributed by atoms with Gasteiger partial charge in [0.05, 0.1) is 18.3 Å². The highest BCUT2D eigenvalue weighted by atomic mass is 32.1. The van der Waals surface area contributed by atoms with Crippen LogP contribution in [-0.2, 0) is 19.1 Å². The molecule has 48 heavy (non-hydrogen) atoms. The minimum Gasteiger partial charge on any atom is -0.479 e. The fourth-order valence-corrected chi connectivity index (χ4v) is 7.75. The summed E-state index contributed by atoms with van der Waals surface area (Å²) in [6.45, 7) is 0.0153. The summed E-state index contributed by atoms with van der Waals surface area (Å²) in [5.41, 5.74) is -0.814. The lowest BCUT2D eigenvalue weighted by atomic mass is 10.0. The minimum absolute atomic E-state index is 0.0153. The van der Waals surface area contributed by atoms with Gasteiger partial charge in [-0.2, -0.15) is 4.98 Å². The van der Waals surface area contributed by atoms with Gasteiger partial charge in [-0.05, 0) is 62.8 Å². The van der Waals surface area contributed by atoms with Crippen LogP contribution >= 0.6 is 11.3 Å². The number of nitrogens with zero attached hydrogens (tertiary/aromatic N) is 4. The SMILES string of the molecule is O=C(N[C@H]1CCCCC/C=C\[C@H]2C[C@@]2(C(=O)O)NC(=O)[C@@H]2C[C@@H](Oc3nc(-c4ncco4)nc4ccsc34)CN2C1=O)OC1CCCC1. The lowest BCUT2D eigenvalue weighted by Crippen LogP contribution is -2.56. The van der Waals surface area contributed by atoms with E-state index in [0.29, 0.717) is 23.1 Å². The van der Waals surface area contributed by atoms with Crippen LogP contribution in [0, 0.1) is 5.92 Å². The number of alkyl carbamates (subject to hydrolysis) is 1. The number of fused-ring (bicyclic) bond motifs is 3. The molecular formula is C33H38N6O8S. The molecule has 0 bridgehead atoms. The Morgan fingerprint density at radius 1 is 1.10 bits per heavy atom. The molecule has 15 heteroatoms. The Bertz CT molecular complexity index is 1700. The van der Waals surface area contributed by atoms with Gasteiger partial charge in [0.15, 0.2) is 0 Å². The Morgan fingerprint density at radius 3 is 2.73 bits per heavy atom. The Balaban J connectivity index is 1.17. The molecular weight excluding hydrogens is 640 g/mol. The summed E-state index contributed by atoms with van der Waals surface area (Å²) >= 11 is 1.39. The van der Waals surface area contributed by atoms with Crippen molar-refractivity contribution < 1.29 is 38.2 Å². The van der Waals surface area contributed by atoms with Gasteiger partial charge in [0, 0.05) is 12.3 Å². The topological polar surface area (TPSA) is 186 Å². The van der Waals surface area contributed by atoms with E-state index in [9.17, 15) is 24.3 Å². The summed E-state index contributed by atoms with van der Waals surface area (Å²) in [5.74, 6) is -1.79. The van der Waals surface area contributed by atoms with Crippen LogP contribution in [0.25, 0.3) is 21.9 Å². The second-order valence-corrected chi connectivity index (χ2v) is 13.9. The molecule has 5 atom stereocenters. The van der Waals surface area contributed by atoms with Crippen molar-refractivity contribution in [1.82, 2.24) is 30.5 Å². The number of carboxylic acid groups (broad SMARTS) is 1. The number of amides is 3. The first-order valence-corrected chi connectivity index (χ1v) is 17.5. The normalized spacial score (nSPS) is 28.9. The number of nitrogens with one attached hydrogen (secondary N) is 2. The van der Waals surface area contributed by atoms with Gasteiger partial charge in [-0.25, -0.2) is 19.6 Å². The number of rotatable bonds is 6. The van der Waals surface area contributed by atoms with Crippen molar-refractivity contribution in [3.8, 4) is 17.6 Å². The van der Waals surface area contributed by atoms with Gasteiger partial charge in [0.1, 0.15) is 40.8 Å². The molecule has 0 unspecified atom stereocenters. The van der Waals surface area contributed by atoms with E-state index >= 15 is 0 Å². The van der Waals surface area contributed by atoms with Crippen LogP contribution in [0.2, 0.25) is 0 Å². The Hall–Kier alpha value is -4.53. The van der Waals surface area contributed by atoms with Gasteiger partial charge >= 0.3 is 12.1 Å². The first kappa shape index (κ1) is 32.0. The largest absolute Gasteiger partial charge is 0.479 e. The van der Waals surface area contributed by atoms with Crippen molar-refractivity contribution in [3.05, 3.63) is 36.1 Å². The van der Waals surface area contributed by atoms with E-state index in [1.54, 1.807) is 0 Å². The maximum Gasteiger partial charge on any atom is 0.408 e. The van der Waals surface area contributed by atoms with Crippen molar-refractivity contribution in [3.63, 3.8) is 0 Å². The molecule has 3 aromatic heterocycles. The number of aliphatic carboxylic acids is 1. The number of carbonyl (C=O) groups excluding carboxylic acids is 3. The monoisotopic (exact) mass is 678 g/mol. The van der Waals surface area contributed by atoms with Crippen LogP contribution in [-0.4, -0.2) is 85.2 Å². The third kappa shape index (κ3) is 6.60. The van der Waals surface area contributed by atoms with Crippen molar-refractivity contribution in [1.29, 1.82) is 0 Å². The minimum atomic E-state index is -1.44. The van der Waals surface area contributed by atoms with Crippen LogP contribution in [0.15, 0.2) is 40.5 Å².